The number of thiophene rings is 1. The number of nitrogens with one attached hydrogen (secondary N) is 1. The topological polar surface area (TPSA) is 64.0 Å². The molecule has 5 nitrogen and oxygen atoms in total. The van der Waals surface area contributed by atoms with Gasteiger partial charge in [0.15, 0.2) is 0 Å². The molecule has 0 spiro atoms. The van der Waals surface area contributed by atoms with Crippen molar-refractivity contribution in [3.8, 4) is 11.1 Å². The number of nitrogens with zero attached hydrogens (tertiary/aromatic N) is 2. The first kappa shape index (κ1) is 15.4. The highest BCUT2D eigenvalue weighted by molar-refractivity contribution is 7.19. The molecule has 1 amide bonds. The number of amides is 1. The third-order valence-corrected chi connectivity index (χ3v) is 4.94. The highest BCUT2D eigenvalue weighted by atomic mass is 32.1. The second-order valence-electron chi connectivity index (χ2n) is 5.38. The standard InChI is InChI=1S/C17H17N3O2S/c1-4-12-8-13-16(23-12)14(9-20(3)17(13)22)11-5-6-18-15(7-11)19-10(2)21/h5-9H,4H2,1-3H3,(H,18,19,21). The van der Waals surface area contributed by atoms with Crippen LogP contribution in [0, 0.1) is 0 Å². The molecule has 0 unspecified atom stereocenters. The maximum atomic E-state index is 12.4. The number of aryl methyl sites for hydroxylation is 2. The van der Waals surface area contributed by atoms with Gasteiger partial charge in [0.1, 0.15) is 5.82 Å². The van der Waals surface area contributed by atoms with Crippen LogP contribution < -0.4 is 10.9 Å². The van der Waals surface area contributed by atoms with Crippen LogP contribution in [-0.2, 0) is 18.3 Å². The molecule has 0 aliphatic rings. The van der Waals surface area contributed by atoms with Crippen molar-refractivity contribution in [1.29, 1.82) is 0 Å². The smallest absolute Gasteiger partial charge is 0.259 e. The van der Waals surface area contributed by atoms with Gasteiger partial charge in [0, 0.05) is 41.5 Å². The number of fused-ring (bicyclic) bond motifs is 1. The molecule has 3 aromatic rings. The predicted octanol–water partition coefficient (Wildman–Crippen LogP) is 3.18. The van der Waals surface area contributed by atoms with Crippen LogP contribution in [-0.4, -0.2) is 15.5 Å². The van der Waals surface area contributed by atoms with E-state index >= 15 is 0 Å². The average molecular weight is 327 g/mol. The Morgan fingerprint density at radius 3 is 2.87 bits per heavy atom. The summed E-state index contributed by atoms with van der Waals surface area (Å²) in [5.74, 6) is 0.342. The minimum Gasteiger partial charge on any atom is -0.317 e. The van der Waals surface area contributed by atoms with Gasteiger partial charge < -0.3 is 9.88 Å². The van der Waals surface area contributed by atoms with E-state index in [1.54, 1.807) is 29.1 Å². The summed E-state index contributed by atoms with van der Waals surface area (Å²) in [7, 11) is 1.75. The molecule has 0 atom stereocenters. The number of hydrogen-bond acceptors (Lipinski definition) is 4. The average Bonchev–Trinajstić information content (AvgIpc) is 2.95. The Morgan fingerprint density at radius 2 is 2.17 bits per heavy atom. The van der Waals surface area contributed by atoms with Crippen LogP contribution in [0.15, 0.2) is 35.4 Å². The lowest BCUT2D eigenvalue weighted by molar-refractivity contribution is -0.114. The van der Waals surface area contributed by atoms with E-state index in [2.05, 4.69) is 17.2 Å². The Balaban J connectivity index is 2.23. The quantitative estimate of drug-likeness (QED) is 0.803. The maximum absolute atomic E-state index is 12.4. The van der Waals surface area contributed by atoms with E-state index in [-0.39, 0.29) is 11.5 Å². The van der Waals surface area contributed by atoms with E-state index in [4.69, 9.17) is 0 Å². The van der Waals surface area contributed by atoms with Gasteiger partial charge in [-0.1, -0.05) is 6.92 Å². The second kappa shape index (κ2) is 5.96. The highest BCUT2D eigenvalue weighted by Crippen LogP contribution is 2.33. The fourth-order valence-electron chi connectivity index (χ4n) is 2.53. The lowest BCUT2D eigenvalue weighted by Crippen LogP contribution is -2.15. The van der Waals surface area contributed by atoms with E-state index < -0.39 is 0 Å². The van der Waals surface area contributed by atoms with Crippen molar-refractivity contribution in [2.24, 2.45) is 7.05 Å². The van der Waals surface area contributed by atoms with Crippen LogP contribution in [0.3, 0.4) is 0 Å². The van der Waals surface area contributed by atoms with Gasteiger partial charge in [0.25, 0.3) is 5.56 Å². The highest BCUT2D eigenvalue weighted by Gasteiger charge is 2.13. The molecule has 3 aromatic heterocycles. The number of hydrogen-bond donors (Lipinski definition) is 1. The molecular formula is C17H17N3O2S. The summed E-state index contributed by atoms with van der Waals surface area (Å²) >= 11 is 1.64. The van der Waals surface area contributed by atoms with Gasteiger partial charge in [-0.2, -0.15) is 0 Å². The molecule has 0 aromatic carbocycles. The minimum absolute atomic E-state index is 0.0100. The fraction of sp³-hybridized carbons (Fsp3) is 0.235. The summed E-state index contributed by atoms with van der Waals surface area (Å²) in [6.45, 7) is 3.53. The molecule has 3 rings (SSSR count). The molecule has 6 heteroatoms. The molecule has 0 saturated heterocycles. The van der Waals surface area contributed by atoms with Crippen LogP contribution >= 0.6 is 11.3 Å². The van der Waals surface area contributed by atoms with Gasteiger partial charge in [0.2, 0.25) is 5.91 Å². The normalized spacial score (nSPS) is 10.9. The SMILES string of the molecule is CCc1cc2c(=O)n(C)cc(-c3ccnc(NC(C)=O)c3)c2s1. The Kier molecular flexibility index (Phi) is 4.00. The molecule has 0 bridgehead atoms. The van der Waals surface area contributed by atoms with Gasteiger partial charge in [-0.3, -0.25) is 9.59 Å². The van der Waals surface area contributed by atoms with Crippen LogP contribution in [0.25, 0.3) is 21.2 Å². The van der Waals surface area contributed by atoms with Crippen molar-refractivity contribution in [2.75, 3.05) is 5.32 Å². The Hall–Kier alpha value is -2.47. The molecule has 0 fully saturated rings. The molecule has 0 aliphatic heterocycles. The zero-order chi connectivity index (χ0) is 16.6. The molecular weight excluding hydrogens is 310 g/mol. The summed E-state index contributed by atoms with van der Waals surface area (Å²) in [6.07, 6.45) is 4.40. The van der Waals surface area contributed by atoms with Gasteiger partial charge in [-0.25, -0.2) is 4.98 Å². The van der Waals surface area contributed by atoms with Gasteiger partial charge in [-0.05, 0) is 30.2 Å². The summed E-state index contributed by atoms with van der Waals surface area (Å²) < 4.78 is 2.58. The van der Waals surface area contributed by atoms with E-state index in [0.717, 1.165) is 27.6 Å². The molecule has 0 radical (unpaired) electrons. The summed E-state index contributed by atoms with van der Waals surface area (Å²) in [6, 6.07) is 5.68. The molecule has 1 N–H and O–H groups in total. The number of carbonyl (C=O) groups excluding carboxylic acids is 1. The van der Waals surface area contributed by atoms with Crippen molar-refractivity contribution < 1.29 is 4.79 Å². The predicted molar refractivity (Wildman–Crippen MR) is 94.0 cm³/mol. The number of anilines is 1. The first-order chi connectivity index (χ1) is 11.0. The Labute approximate surface area is 137 Å². The van der Waals surface area contributed by atoms with Crippen molar-refractivity contribution in [3.05, 3.63) is 45.8 Å². The van der Waals surface area contributed by atoms with Crippen molar-refractivity contribution in [1.82, 2.24) is 9.55 Å². The molecule has 118 valence electrons. The number of pyridine rings is 2. The van der Waals surface area contributed by atoms with Gasteiger partial charge >= 0.3 is 0 Å². The Morgan fingerprint density at radius 1 is 1.39 bits per heavy atom. The van der Waals surface area contributed by atoms with E-state index in [0.29, 0.717) is 5.82 Å². The monoisotopic (exact) mass is 327 g/mol. The first-order valence-electron chi connectivity index (χ1n) is 7.35. The lowest BCUT2D eigenvalue weighted by atomic mass is 10.1. The van der Waals surface area contributed by atoms with Crippen LogP contribution in [0.4, 0.5) is 5.82 Å². The molecule has 0 saturated carbocycles. The number of rotatable bonds is 3. The summed E-state index contributed by atoms with van der Waals surface area (Å²) in [5, 5.41) is 3.43. The van der Waals surface area contributed by atoms with Crippen LogP contribution in [0.5, 0.6) is 0 Å². The van der Waals surface area contributed by atoms with E-state index in [1.807, 2.05) is 24.4 Å². The third-order valence-electron chi connectivity index (χ3n) is 3.62. The molecule has 23 heavy (non-hydrogen) atoms. The second-order valence-corrected chi connectivity index (χ2v) is 6.52. The fourth-order valence-corrected chi connectivity index (χ4v) is 3.65. The molecule has 0 aliphatic carbocycles. The van der Waals surface area contributed by atoms with E-state index in [1.165, 1.54) is 11.8 Å². The van der Waals surface area contributed by atoms with Gasteiger partial charge in [-0.15, -0.1) is 11.3 Å². The summed E-state index contributed by atoms with van der Waals surface area (Å²) in [5.41, 5.74) is 1.91. The van der Waals surface area contributed by atoms with Crippen LogP contribution in [0.2, 0.25) is 0 Å². The third kappa shape index (κ3) is 2.90. The van der Waals surface area contributed by atoms with Gasteiger partial charge in [0.05, 0.1) is 5.39 Å². The largest absolute Gasteiger partial charge is 0.317 e. The van der Waals surface area contributed by atoms with Crippen LogP contribution in [0.1, 0.15) is 18.7 Å². The maximum Gasteiger partial charge on any atom is 0.259 e. The number of aromatic nitrogens is 2. The zero-order valence-corrected chi connectivity index (χ0v) is 14.0. The van der Waals surface area contributed by atoms with Crippen molar-refractivity contribution >= 4 is 33.1 Å². The lowest BCUT2D eigenvalue weighted by Gasteiger charge is -2.08. The Bertz CT molecular complexity index is 956. The van der Waals surface area contributed by atoms with Crippen molar-refractivity contribution in [2.45, 2.75) is 20.3 Å². The zero-order valence-electron chi connectivity index (χ0n) is 13.2. The number of carbonyl (C=O) groups is 1. The molecule has 3 heterocycles. The van der Waals surface area contributed by atoms with Crippen molar-refractivity contribution in [3.63, 3.8) is 0 Å². The minimum atomic E-state index is -0.162. The first-order valence-corrected chi connectivity index (χ1v) is 8.17. The van der Waals surface area contributed by atoms with E-state index in [9.17, 15) is 9.59 Å². The summed E-state index contributed by atoms with van der Waals surface area (Å²) in [4.78, 5) is 28.9.